The Morgan fingerprint density at radius 2 is 0.639 bits per heavy atom. The Hall–Kier alpha value is -4.22. The van der Waals surface area contributed by atoms with Crippen LogP contribution in [0, 0.1) is 0 Å². The Morgan fingerprint density at radius 3 is 1.06 bits per heavy atom. The van der Waals surface area contributed by atoms with Crippen LogP contribution in [0.4, 0.5) is 0 Å². The fourth-order valence-electron chi connectivity index (χ4n) is 7.56. The van der Waals surface area contributed by atoms with E-state index in [9.17, 15) is 9.59 Å². The topological polar surface area (TPSA) is 61.8 Å². The molecule has 5 heteroatoms. The molecule has 0 saturated carbocycles. The number of carbonyl (C=O) groups is 2. The molecule has 406 valence electrons. The third-order valence-electron chi connectivity index (χ3n) is 11.8. The van der Waals surface area contributed by atoms with E-state index in [1.54, 1.807) is 0 Å². The van der Waals surface area contributed by atoms with Gasteiger partial charge in [0, 0.05) is 19.4 Å². The molecule has 0 aliphatic rings. The zero-order valence-electron chi connectivity index (χ0n) is 46.6. The Morgan fingerprint density at radius 1 is 0.319 bits per heavy atom. The predicted molar refractivity (Wildman–Crippen MR) is 315 cm³/mol. The van der Waals surface area contributed by atoms with Gasteiger partial charge in [0.15, 0.2) is 6.10 Å². The highest BCUT2D eigenvalue weighted by Crippen LogP contribution is 2.14. The van der Waals surface area contributed by atoms with Crippen molar-refractivity contribution in [1.82, 2.24) is 0 Å². The average Bonchev–Trinajstić information content (AvgIpc) is 3.38. The summed E-state index contributed by atoms with van der Waals surface area (Å²) in [5, 5.41) is 0. The van der Waals surface area contributed by atoms with Crippen molar-refractivity contribution in [2.75, 3.05) is 19.8 Å². The maximum atomic E-state index is 12.8. The van der Waals surface area contributed by atoms with Gasteiger partial charge in [-0.05, 0) is 128 Å². The van der Waals surface area contributed by atoms with Crippen molar-refractivity contribution in [2.45, 2.75) is 245 Å². The van der Waals surface area contributed by atoms with Gasteiger partial charge >= 0.3 is 11.9 Å². The molecule has 0 amide bonds. The molecule has 0 aliphatic heterocycles. The van der Waals surface area contributed by atoms with Gasteiger partial charge in [-0.2, -0.15) is 0 Å². The second kappa shape index (κ2) is 61.1. The van der Waals surface area contributed by atoms with Gasteiger partial charge in [0.2, 0.25) is 0 Å². The highest BCUT2D eigenvalue weighted by atomic mass is 16.6. The molecular weight excluding hydrogens is 885 g/mol. The molecule has 1 atom stereocenters. The molecule has 0 radical (unpaired) electrons. The van der Waals surface area contributed by atoms with Gasteiger partial charge in [0.05, 0.1) is 6.61 Å². The molecular formula is C67H108O5. The third-order valence-corrected chi connectivity index (χ3v) is 11.8. The molecule has 0 aliphatic carbocycles. The van der Waals surface area contributed by atoms with Crippen LogP contribution in [0.15, 0.2) is 146 Å². The molecule has 0 aromatic heterocycles. The number of hydrogen-bond donors (Lipinski definition) is 0. The number of allylic oxidation sites excluding steroid dienone is 24. The smallest absolute Gasteiger partial charge is 0.306 e. The van der Waals surface area contributed by atoms with Crippen LogP contribution >= 0.6 is 0 Å². The normalized spacial score (nSPS) is 13.3. The number of esters is 2. The lowest BCUT2D eigenvalue weighted by Crippen LogP contribution is -2.30. The highest BCUT2D eigenvalue weighted by molar-refractivity contribution is 5.70. The van der Waals surface area contributed by atoms with Gasteiger partial charge in [-0.3, -0.25) is 9.59 Å². The summed E-state index contributed by atoms with van der Waals surface area (Å²) >= 11 is 0. The van der Waals surface area contributed by atoms with E-state index >= 15 is 0 Å². The quantitative estimate of drug-likeness (QED) is 0.0345. The Kier molecular flexibility index (Phi) is 57.5. The summed E-state index contributed by atoms with van der Waals surface area (Å²) in [4.78, 5) is 25.5. The zero-order valence-corrected chi connectivity index (χ0v) is 46.6. The minimum absolute atomic E-state index is 0.0292. The Labute approximate surface area is 444 Å². The lowest BCUT2D eigenvalue weighted by Gasteiger charge is -2.18. The molecule has 0 N–H and O–H groups in total. The van der Waals surface area contributed by atoms with E-state index in [-0.39, 0.29) is 25.2 Å². The summed E-state index contributed by atoms with van der Waals surface area (Å²) < 4.78 is 17.4. The number of unbranched alkanes of at least 4 members (excludes halogenated alkanes) is 17. The van der Waals surface area contributed by atoms with Gasteiger partial charge in [-0.1, -0.05) is 244 Å². The van der Waals surface area contributed by atoms with Crippen LogP contribution in [0.25, 0.3) is 0 Å². The third kappa shape index (κ3) is 58.4. The average molecular weight is 994 g/mol. The van der Waals surface area contributed by atoms with Gasteiger partial charge in [0.25, 0.3) is 0 Å². The molecule has 0 aromatic rings. The molecule has 72 heavy (non-hydrogen) atoms. The lowest BCUT2D eigenvalue weighted by molar-refractivity contribution is -0.162. The number of hydrogen-bond acceptors (Lipinski definition) is 5. The molecule has 0 aromatic carbocycles. The molecule has 0 bridgehead atoms. The minimum atomic E-state index is -0.609. The summed E-state index contributed by atoms with van der Waals surface area (Å²) in [5.41, 5.74) is 0. The van der Waals surface area contributed by atoms with E-state index in [1.807, 2.05) is 0 Å². The van der Waals surface area contributed by atoms with Crippen molar-refractivity contribution in [2.24, 2.45) is 0 Å². The van der Waals surface area contributed by atoms with Crippen molar-refractivity contribution < 1.29 is 23.8 Å². The summed E-state index contributed by atoms with van der Waals surface area (Å²) in [6.07, 6.45) is 88.9. The lowest BCUT2D eigenvalue weighted by atomic mass is 10.1. The van der Waals surface area contributed by atoms with Crippen molar-refractivity contribution >= 4 is 11.9 Å². The number of carbonyl (C=O) groups excluding carboxylic acids is 2. The van der Waals surface area contributed by atoms with Crippen LogP contribution in [0.1, 0.15) is 239 Å². The standard InChI is InChI=1S/C67H108O5/c1-4-7-10-13-16-19-22-25-28-31-33-35-38-41-44-47-50-53-56-59-62-70-63-65(72-67(69)61-58-55-52-49-46-43-40-36-30-27-24-21-18-15-12-9-6-3)64-71-66(68)60-57-54-51-48-45-42-39-37-34-32-29-26-23-20-17-14-11-8-5-2/h7,9-10,12,16,18-19,21,25-30,33,35,40-41,43-44,49-50,52-53,65H,4-6,8,11,13-15,17,20,22-24,31-32,34,36-39,42,45-48,51,54-64H2,1-3H3/b10-7-,12-9-,19-16-,21-18-,28-25-,29-26-,30-27-,35-33-,43-40-,44-41-,52-49-,53-50-. The van der Waals surface area contributed by atoms with Crippen LogP contribution in [0.3, 0.4) is 0 Å². The second-order valence-corrected chi connectivity index (χ2v) is 18.8. The minimum Gasteiger partial charge on any atom is -0.462 e. The first-order chi connectivity index (χ1) is 35.6. The fourth-order valence-corrected chi connectivity index (χ4v) is 7.56. The van der Waals surface area contributed by atoms with Crippen LogP contribution in [0.5, 0.6) is 0 Å². The van der Waals surface area contributed by atoms with Gasteiger partial charge in [0.1, 0.15) is 6.61 Å². The molecule has 0 fully saturated rings. The molecule has 0 heterocycles. The monoisotopic (exact) mass is 993 g/mol. The molecule has 0 rings (SSSR count). The van der Waals surface area contributed by atoms with E-state index in [4.69, 9.17) is 14.2 Å². The van der Waals surface area contributed by atoms with Gasteiger partial charge in [-0.15, -0.1) is 0 Å². The summed E-state index contributed by atoms with van der Waals surface area (Å²) in [7, 11) is 0. The molecule has 5 nitrogen and oxygen atoms in total. The molecule has 0 spiro atoms. The van der Waals surface area contributed by atoms with Crippen molar-refractivity contribution in [1.29, 1.82) is 0 Å². The zero-order chi connectivity index (χ0) is 52.0. The van der Waals surface area contributed by atoms with Crippen LogP contribution in [-0.2, 0) is 23.8 Å². The van der Waals surface area contributed by atoms with Gasteiger partial charge in [-0.25, -0.2) is 0 Å². The van der Waals surface area contributed by atoms with Crippen molar-refractivity contribution in [3.8, 4) is 0 Å². The van der Waals surface area contributed by atoms with E-state index in [0.29, 0.717) is 25.9 Å². The number of rotatable bonds is 52. The number of ether oxygens (including phenoxy) is 3. The maximum Gasteiger partial charge on any atom is 0.306 e. The summed E-state index contributed by atoms with van der Waals surface area (Å²) in [6.45, 7) is 7.38. The van der Waals surface area contributed by atoms with Gasteiger partial charge < -0.3 is 14.2 Å². The first-order valence-electron chi connectivity index (χ1n) is 29.4. The van der Waals surface area contributed by atoms with Crippen molar-refractivity contribution in [3.05, 3.63) is 146 Å². The first kappa shape index (κ1) is 67.8. The van der Waals surface area contributed by atoms with E-state index < -0.39 is 6.10 Å². The SMILES string of the molecule is CC/C=C\C/C=C\C/C=C\C/C=C\C/C=C\C/C=C\CCCOCC(COC(=O)CCCCCCCCCCC/C=C\CCCCCCCC)OC(=O)CCC/C=C\C/C=C\C/C=C\C/C=C\C/C=C\CC. The van der Waals surface area contributed by atoms with Crippen LogP contribution in [-0.4, -0.2) is 37.9 Å². The van der Waals surface area contributed by atoms with E-state index in [2.05, 4.69) is 167 Å². The molecule has 0 saturated heterocycles. The summed E-state index contributed by atoms with van der Waals surface area (Å²) in [5.74, 6) is -0.506. The van der Waals surface area contributed by atoms with Crippen LogP contribution in [0.2, 0.25) is 0 Å². The van der Waals surface area contributed by atoms with E-state index in [0.717, 1.165) is 109 Å². The fraction of sp³-hybridized carbons (Fsp3) is 0.612. The molecule has 1 unspecified atom stereocenters. The second-order valence-electron chi connectivity index (χ2n) is 18.8. The summed E-state index contributed by atoms with van der Waals surface area (Å²) in [6, 6.07) is 0. The van der Waals surface area contributed by atoms with E-state index in [1.165, 1.54) is 89.9 Å². The predicted octanol–water partition coefficient (Wildman–Crippen LogP) is 20.5. The largest absolute Gasteiger partial charge is 0.462 e. The Balaban J connectivity index is 4.49. The first-order valence-corrected chi connectivity index (χ1v) is 29.4. The van der Waals surface area contributed by atoms with Crippen LogP contribution < -0.4 is 0 Å². The Bertz CT molecular complexity index is 1540. The maximum absolute atomic E-state index is 12.8. The van der Waals surface area contributed by atoms with Crippen molar-refractivity contribution in [3.63, 3.8) is 0 Å². The highest BCUT2D eigenvalue weighted by Gasteiger charge is 2.17.